The molecule has 0 aromatic heterocycles. The van der Waals surface area contributed by atoms with Crippen molar-refractivity contribution in [1.82, 2.24) is 0 Å². The lowest BCUT2D eigenvalue weighted by atomic mass is 9.99. The van der Waals surface area contributed by atoms with Crippen molar-refractivity contribution >= 4 is 23.5 Å². The molecule has 1 aromatic carbocycles. The van der Waals surface area contributed by atoms with Crippen molar-refractivity contribution in [2.45, 2.75) is 38.6 Å². The third-order valence-corrected chi connectivity index (χ3v) is 4.36. The molecule has 0 saturated heterocycles. The van der Waals surface area contributed by atoms with E-state index in [0.717, 1.165) is 6.08 Å². The van der Waals surface area contributed by atoms with Crippen molar-refractivity contribution in [1.29, 1.82) is 0 Å². The fourth-order valence-corrected chi connectivity index (χ4v) is 2.59. The molecule has 8 heteroatoms. The van der Waals surface area contributed by atoms with Crippen LogP contribution in [0.5, 0.6) is 5.75 Å². The van der Waals surface area contributed by atoms with E-state index in [4.69, 9.17) is 10.5 Å². The lowest BCUT2D eigenvalue weighted by molar-refractivity contribution is -0.130. The predicted molar refractivity (Wildman–Crippen MR) is 96.4 cm³/mol. The third kappa shape index (κ3) is 4.72. The summed E-state index contributed by atoms with van der Waals surface area (Å²) in [5.74, 6) is -4.41. The number of ether oxygens (including phenoxy) is 1. The molecule has 0 fully saturated rings. The largest absolute Gasteiger partial charge is 0.507 e. The number of aromatic hydroxyl groups is 1. The third-order valence-electron chi connectivity index (χ3n) is 4.36. The van der Waals surface area contributed by atoms with Crippen LogP contribution in [0.25, 0.3) is 6.08 Å². The van der Waals surface area contributed by atoms with Gasteiger partial charge in [-0.05, 0) is 31.1 Å². The van der Waals surface area contributed by atoms with Crippen molar-refractivity contribution in [3.8, 4) is 5.75 Å². The van der Waals surface area contributed by atoms with E-state index in [-0.39, 0.29) is 29.0 Å². The smallest absolute Gasteiger partial charge is 0.342 e. The van der Waals surface area contributed by atoms with Gasteiger partial charge in [0.1, 0.15) is 23.5 Å². The highest BCUT2D eigenvalue weighted by atomic mass is 19.1. The summed E-state index contributed by atoms with van der Waals surface area (Å²) in [5, 5.41) is 29.9. The van der Waals surface area contributed by atoms with Gasteiger partial charge in [0.25, 0.3) is 0 Å². The van der Waals surface area contributed by atoms with E-state index in [9.17, 15) is 29.3 Å². The number of nitrogens with two attached hydrogens (primary N) is 1. The lowest BCUT2D eigenvalue weighted by Crippen LogP contribution is -2.34. The van der Waals surface area contributed by atoms with Gasteiger partial charge in [0, 0.05) is 17.7 Å². The minimum atomic E-state index is -1.94. The number of carbonyl (C=O) groups is 2. The summed E-state index contributed by atoms with van der Waals surface area (Å²) >= 11 is 0. The molecule has 0 spiro atoms. The molecule has 1 aliphatic heterocycles. The molecule has 146 valence electrons. The van der Waals surface area contributed by atoms with Crippen LogP contribution >= 0.6 is 0 Å². The Kier molecular flexibility index (Phi) is 6.35. The van der Waals surface area contributed by atoms with Gasteiger partial charge in [0.15, 0.2) is 5.83 Å². The van der Waals surface area contributed by atoms with Crippen molar-refractivity contribution in [2.75, 3.05) is 5.73 Å². The number of phenols is 1. The molecule has 1 aromatic rings. The number of fused-ring (bicyclic) bond motifs is 1. The summed E-state index contributed by atoms with van der Waals surface area (Å²) in [4.78, 5) is 24.4. The molecule has 0 saturated carbocycles. The zero-order chi connectivity index (χ0) is 20.3. The predicted octanol–water partition coefficient (Wildman–Crippen LogP) is 1.72. The SMILES string of the molecule is C[C@@H]1OC(=O)c2c(O)cc(N)cc2/C=C/C[C@H](O)[C@H](O)C(=O)/C(F)=C\[C@@H]1C. The maximum Gasteiger partial charge on any atom is 0.342 e. The Hall–Kier alpha value is -2.71. The second-order valence-electron chi connectivity index (χ2n) is 6.50. The number of hydrogen-bond donors (Lipinski definition) is 4. The Labute approximate surface area is 155 Å². The molecule has 0 bridgehead atoms. The van der Waals surface area contributed by atoms with Gasteiger partial charge in [-0.25, -0.2) is 9.18 Å². The Morgan fingerprint density at radius 1 is 1.22 bits per heavy atom. The summed E-state index contributed by atoms with van der Waals surface area (Å²) in [5.41, 5.74) is 6.00. The Morgan fingerprint density at radius 2 is 1.89 bits per heavy atom. The highest BCUT2D eigenvalue weighted by Gasteiger charge is 2.29. The molecule has 0 unspecified atom stereocenters. The zero-order valence-corrected chi connectivity index (χ0v) is 14.9. The molecule has 1 heterocycles. The second-order valence-corrected chi connectivity index (χ2v) is 6.50. The second kappa shape index (κ2) is 8.32. The first-order valence-electron chi connectivity index (χ1n) is 8.39. The molecule has 4 atom stereocenters. The van der Waals surface area contributed by atoms with Gasteiger partial charge in [-0.2, -0.15) is 0 Å². The number of halogens is 1. The summed E-state index contributed by atoms with van der Waals surface area (Å²) in [6.07, 6.45) is -0.848. The summed E-state index contributed by atoms with van der Waals surface area (Å²) in [6.45, 7) is 3.01. The molecular weight excluding hydrogens is 357 g/mol. The first kappa shape index (κ1) is 20.6. The van der Waals surface area contributed by atoms with Gasteiger partial charge in [-0.3, -0.25) is 4.79 Å². The van der Waals surface area contributed by atoms with Crippen LogP contribution in [0.3, 0.4) is 0 Å². The summed E-state index contributed by atoms with van der Waals surface area (Å²) in [6, 6.07) is 2.63. The van der Waals surface area contributed by atoms with Crippen LogP contribution in [0, 0.1) is 5.92 Å². The van der Waals surface area contributed by atoms with Crippen LogP contribution < -0.4 is 5.73 Å². The van der Waals surface area contributed by atoms with E-state index in [2.05, 4.69) is 0 Å². The average molecular weight is 379 g/mol. The van der Waals surface area contributed by atoms with Gasteiger partial charge in [0.05, 0.1) is 6.10 Å². The molecule has 5 N–H and O–H groups in total. The van der Waals surface area contributed by atoms with Crippen LogP contribution in [0.1, 0.15) is 36.2 Å². The minimum Gasteiger partial charge on any atom is -0.507 e. The van der Waals surface area contributed by atoms with Crippen molar-refractivity contribution in [2.24, 2.45) is 5.92 Å². The summed E-state index contributed by atoms with van der Waals surface area (Å²) in [7, 11) is 0. The van der Waals surface area contributed by atoms with Gasteiger partial charge in [-0.15, -0.1) is 0 Å². The number of phenolic OH excluding ortho intramolecular Hbond substituents is 1. The number of ketones is 1. The Morgan fingerprint density at radius 3 is 2.56 bits per heavy atom. The number of cyclic esters (lactones) is 1. The van der Waals surface area contributed by atoms with E-state index >= 15 is 0 Å². The van der Waals surface area contributed by atoms with Crippen molar-refractivity contribution in [3.05, 3.63) is 41.2 Å². The first-order valence-corrected chi connectivity index (χ1v) is 8.39. The number of carbonyl (C=O) groups excluding carboxylic acids is 2. The number of Topliss-reactive ketones (excluding diaryl/α,β-unsaturated/α-hetero) is 1. The quantitative estimate of drug-likeness (QED) is 0.399. The molecule has 0 aliphatic carbocycles. The molecule has 1 aliphatic rings. The first-order chi connectivity index (χ1) is 12.6. The Bertz CT molecular complexity index is 804. The van der Waals surface area contributed by atoms with E-state index in [1.807, 2.05) is 0 Å². The van der Waals surface area contributed by atoms with Crippen molar-refractivity contribution in [3.63, 3.8) is 0 Å². The number of benzene rings is 1. The van der Waals surface area contributed by atoms with E-state index < -0.39 is 41.8 Å². The molecule has 0 radical (unpaired) electrons. The fourth-order valence-electron chi connectivity index (χ4n) is 2.59. The molecule has 7 nitrogen and oxygen atoms in total. The normalized spacial score (nSPS) is 30.5. The zero-order valence-electron chi connectivity index (χ0n) is 14.9. The van der Waals surface area contributed by atoms with E-state index in [1.165, 1.54) is 38.1 Å². The number of rotatable bonds is 0. The fraction of sp³-hybridized carbons (Fsp3) is 0.368. The van der Waals surface area contributed by atoms with Crippen molar-refractivity contribution < 1.29 is 34.0 Å². The highest BCUT2D eigenvalue weighted by molar-refractivity contribution is 5.98. The van der Waals surface area contributed by atoms with Crippen LogP contribution in [0.2, 0.25) is 0 Å². The number of nitrogen functional groups attached to an aromatic ring is 1. The molecule has 2 rings (SSSR count). The van der Waals surface area contributed by atoms with Crippen LogP contribution in [0.15, 0.2) is 30.1 Å². The highest BCUT2D eigenvalue weighted by Crippen LogP contribution is 2.28. The van der Waals surface area contributed by atoms with E-state index in [0.29, 0.717) is 0 Å². The maximum absolute atomic E-state index is 14.1. The van der Waals surface area contributed by atoms with Crippen LogP contribution in [-0.2, 0) is 9.53 Å². The average Bonchev–Trinajstić information content (AvgIpc) is 2.58. The molecular formula is C19H22FNO6. The number of hydrogen-bond acceptors (Lipinski definition) is 7. The van der Waals surface area contributed by atoms with Gasteiger partial charge >= 0.3 is 5.97 Å². The van der Waals surface area contributed by atoms with Crippen LogP contribution in [-0.4, -0.2) is 45.4 Å². The van der Waals surface area contributed by atoms with Crippen LogP contribution in [0.4, 0.5) is 10.1 Å². The Balaban J connectivity index is 2.52. The lowest BCUT2D eigenvalue weighted by Gasteiger charge is -2.20. The van der Waals surface area contributed by atoms with Gasteiger partial charge in [0.2, 0.25) is 5.78 Å². The van der Waals surface area contributed by atoms with E-state index in [1.54, 1.807) is 0 Å². The van der Waals surface area contributed by atoms with Gasteiger partial charge < -0.3 is 25.8 Å². The number of anilines is 1. The number of aliphatic hydroxyl groups is 2. The van der Waals surface area contributed by atoms with Gasteiger partial charge in [-0.1, -0.05) is 19.1 Å². The minimum absolute atomic E-state index is 0.132. The molecule has 0 amide bonds. The standard InChI is InChI=1S/C19H22FNO6/c1-9-6-13(20)17(24)18(25)14(22)5-3-4-11-7-12(21)8-15(23)16(11)19(26)27-10(9)2/h3-4,6-10,14,18,22-23,25H,5,21H2,1-2H3/b4-3+,13-6+/t9-,10-,14-,18-/m0/s1. The topological polar surface area (TPSA) is 130 Å². The maximum atomic E-state index is 14.1. The summed E-state index contributed by atoms with van der Waals surface area (Å²) < 4.78 is 19.3. The number of aliphatic hydroxyl groups excluding tert-OH is 2. The monoisotopic (exact) mass is 379 g/mol. The number of esters is 1. The molecule has 27 heavy (non-hydrogen) atoms.